The normalized spacial score (nSPS) is 19.7. The van der Waals surface area contributed by atoms with E-state index in [2.05, 4.69) is 0 Å². The molecule has 1 saturated heterocycles. The van der Waals surface area contributed by atoms with Gasteiger partial charge in [0, 0.05) is 19.2 Å². The lowest BCUT2D eigenvalue weighted by molar-refractivity contribution is -0.140. The lowest BCUT2D eigenvalue weighted by Crippen LogP contribution is -2.33. The third-order valence-electron chi connectivity index (χ3n) is 6.13. The number of anilines is 1. The number of rotatable bonds is 6. The number of benzene rings is 2. The van der Waals surface area contributed by atoms with Crippen LogP contribution in [0.5, 0.6) is 5.75 Å². The smallest absolute Gasteiger partial charge is 0.295 e. The molecule has 1 fully saturated rings. The maximum absolute atomic E-state index is 13.2. The number of aliphatic hydroxyl groups is 1. The zero-order chi connectivity index (χ0) is 23.7. The molecule has 7 nitrogen and oxygen atoms in total. The first kappa shape index (κ1) is 22.9. The monoisotopic (exact) mass is 450 g/mol. The number of carbonyl (C=O) groups is 2. The van der Waals surface area contributed by atoms with Gasteiger partial charge in [-0.05, 0) is 50.1 Å². The SMILES string of the molecule is Cc1ccccc1C1/C(=C(\O)c2ccc3c(c2)N(C)CCO3)C(=O)C(=O)N1CCOC(C)C. The van der Waals surface area contributed by atoms with Crippen molar-refractivity contribution in [3.63, 3.8) is 0 Å². The van der Waals surface area contributed by atoms with Crippen LogP contribution in [-0.2, 0) is 14.3 Å². The summed E-state index contributed by atoms with van der Waals surface area (Å²) >= 11 is 0. The molecule has 0 bridgehead atoms. The summed E-state index contributed by atoms with van der Waals surface area (Å²) in [6.45, 7) is 7.64. The van der Waals surface area contributed by atoms with Crippen molar-refractivity contribution < 1.29 is 24.2 Å². The quantitative estimate of drug-likeness (QED) is 0.411. The predicted octanol–water partition coefficient (Wildman–Crippen LogP) is 3.67. The molecule has 174 valence electrons. The van der Waals surface area contributed by atoms with E-state index in [1.807, 2.05) is 57.0 Å². The van der Waals surface area contributed by atoms with Crippen LogP contribution in [0.15, 0.2) is 48.0 Å². The van der Waals surface area contributed by atoms with Gasteiger partial charge >= 0.3 is 0 Å². The van der Waals surface area contributed by atoms with Crippen molar-refractivity contribution in [1.29, 1.82) is 0 Å². The maximum Gasteiger partial charge on any atom is 0.295 e. The van der Waals surface area contributed by atoms with Crippen LogP contribution in [-0.4, -0.2) is 61.2 Å². The highest BCUT2D eigenvalue weighted by Gasteiger charge is 2.46. The molecule has 2 aliphatic rings. The summed E-state index contributed by atoms with van der Waals surface area (Å²) in [6, 6.07) is 12.2. The van der Waals surface area contributed by atoms with E-state index in [0.717, 1.165) is 29.1 Å². The molecule has 2 aromatic rings. The summed E-state index contributed by atoms with van der Waals surface area (Å²) in [5.41, 5.74) is 3.14. The molecule has 0 aliphatic carbocycles. The molecule has 1 unspecified atom stereocenters. The molecule has 0 spiro atoms. The van der Waals surface area contributed by atoms with Crippen molar-refractivity contribution in [2.45, 2.75) is 32.9 Å². The molecule has 7 heteroatoms. The number of likely N-dealkylation sites (tertiary alicyclic amines) is 1. The number of nitrogens with zero attached hydrogens (tertiary/aromatic N) is 2. The molecule has 1 atom stereocenters. The fourth-order valence-corrected chi connectivity index (χ4v) is 4.37. The van der Waals surface area contributed by atoms with Gasteiger partial charge in [0.2, 0.25) is 0 Å². The lowest BCUT2D eigenvalue weighted by atomic mass is 9.92. The Morgan fingerprint density at radius 2 is 1.97 bits per heavy atom. The number of hydrogen-bond acceptors (Lipinski definition) is 6. The van der Waals surface area contributed by atoms with Gasteiger partial charge in [-0.3, -0.25) is 9.59 Å². The fraction of sp³-hybridized carbons (Fsp3) is 0.385. The minimum Gasteiger partial charge on any atom is -0.507 e. The van der Waals surface area contributed by atoms with Crippen LogP contribution >= 0.6 is 0 Å². The first-order valence-electron chi connectivity index (χ1n) is 11.2. The Hall–Kier alpha value is -3.32. The van der Waals surface area contributed by atoms with Gasteiger partial charge in [0.25, 0.3) is 11.7 Å². The number of aryl methyl sites for hydroxylation is 1. The minimum atomic E-state index is -0.688. The summed E-state index contributed by atoms with van der Waals surface area (Å²) in [5.74, 6) is -0.777. The summed E-state index contributed by atoms with van der Waals surface area (Å²) in [5, 5.41) is 11.3. The molecule has 33 heavy (non-hydrogen) atoms. The van der Waals surface area contributed by atoms with Gasteiger partial charge < -0.3 is 24.4 Å². The average molecular weight is 451 g/mol. The maximum atomic E-state index is 13.2. The molecule has 0 radical (unpaired) electrons. The van der Waals surface area contributed by atoms with Crippen LogP contribution in [0.1, 0.15) is 36.6 Å². The first-order valence-corrected chi connectivity index (χ1v) is 11.2. The highest BCUT2D eigenvalue weighted by molar-refractivity contribution is 6.46. The Morgan fingerprint density at radius 3 is 2.70 bits per heavy atom. The van der Waals surface area contributed by atoms with Crippen molar-refractivity contribution in [3.05, 3.63) is 64.7 Å². The van der Waals surface area contributed by atoms with E-state index in [0.29, 0.717) is 18.8 Å². The van der Waals surface area contributed by atoms with E-state index in [4.69, 9.17) is 9.47 Å². The molecular weight excluding hydrogens is 420 g/mol. The summed E-state index contributed by atoms with van der Waals surface area (Å²) in [7, 11) is 1.95. The Morgan fingerprint density at radius 1 is 1.21 bits per heavy atom. The van der Waals surface area contributed by atoms with E-state index >= 15 is 0 Å². The van der Waals surface area contributed by atoms with Crippen molar-refractivity contribution in [2.24, 2.45) is 0 Å². The number of amides is 1. The van der Waals surface area contributed by atoms with Gasteiger partial charge in [-0.1, -0.05) is 24.3 Å². The summed E-state index contributed by atoms with van der Waals surface area (Å²) < 4.78 is 11.3. The Bertz CT molecular complexity index is 1110. The van der Waals surface area contributed by atoms with Gasteiger partial charge in [-0.15, -0.1) is 0 Å². The van der Waals surface area contributed by atoms with Gasteiger partial charge in [-0.2, -0.15) is 0 Å². The van der Waals surface area contributed by atoms with E-state index in [9.17, 15) is 14.7 Å². The summed E-state index contributed by atoms with van der Waals surface area (Å²) in [6.07, 6.45) is 0.00781. The van der Waals surface area contributed by atoms with Crippen LogP contribution < -0.4 is 9.64 Å². The van der Waals surface area contributed by atoms with Crippen molar-refractivity contribution in [3.8, 4) is 5.75 Å². The fourth-order valence-electron chi connectivity index (χ4n) is 4.37. The number of carbonyl (C=O) groups excluding carboxylic acids is 2. The Balaban J connectivity index is 1.81. The van der Waals surface area contributed by atoms with Crippen molar-refractivity contribution in [2.75, 3.05) is 38.3 Å². The molecular formula is C26H30N2O5. The zero-order valence-corrected chi connectivity index (χ0v) is 19.5. The largest absolute Gasteiger partial charge is 0.507 e. The molecule has 1 amide bonds. The standard InChI is InChI=1S/C26H30N2O5/c1-16(2)32-14-12-28-23(19-8-6-5-7-17(19)3)22(25(30)26(28)31)24(29)18-9-10-21-20(15-18)27(4)11-13-33-21/h5-10,15-16,23,29H,11-14H2,1-4H3/b24-22+. The number of ketones is 1. The van der Waals surface area contributed by atoms with Crippen LogP contribution in [0.2, 0.25) is 0 Å². The van der Waals surface area contributed by atoms with E-state index in [-0.39, 0.29) is 24.0 Å². The minimum absolute atomic E-state index is 0.00781. The number of aliphatic hydroxyl groups excluding tert-OH is 1. The number of likely N-dealkylation sites (N-methyl/N-ethyl adjacent to an activating group) is 1. The molecule has 0 saturated carbocycles. The van der Waals surface area contributed by atoms with E-state index in [1.165, 1.54) is 4.90 Å². The second-order valence-electron chi connectivity index (χ2n) is 8.72. The second kappa shape index (κ2) is 9.27. The van der Waals surface area contributed by atoms with Crippen LogP contribution in [0.3, 0.4) is 0 Å². The number of fused-ring (bicyclic) bond motifs is 1. The lowest BCUT2D eigenvalue weighted by Gasteiger charge is -2.28. The topological polar surface area (TPSA) is 79.3 Å². The number of ether oxygens (including phenoxy) is 2. The zero-order valence-electron chi connectivity index (χ0n) is 19.5. The van der Waals surface area contributed by atoms with Gasteiger partial charge in [-0.25, -0.2) is 0 Å². The first-order chi connectivity index (χ1) is 15.8. The van der Waals surface area contributed by atoms with Gasteiger partial charge in [0.1, 0.15) is 18.1 Å². The molecule has 1 N–H and O–H groups in total. The number of hydrogen-bond donors (Lipinski definition) is 1. The highest BCUT2D eigenvalue weighted by atomic mass is 16.5. The Kier molecular flexibility index (Phi) is 6.42. The van der Waals surface area contributed by atoms with Gasteiger partial charge in [0.15, 0.2) is 0 Å². The second-order valence-corrected chi connectivity index (χ2v) is 8.72. The van der Waals surface area contributed by atoms with Crippen LogP contribution in [0.4, 0.5) is 5.69 Å². The molecule has 4 rings (SSSR count). The van der Waals surface area contributed by atoms with Crippen LogP contribution in [0.25, 0.3) is 5.76 Å². The number of Topliss-reactive ketones (excluding diaryl/α,β-unsaturated/α-hetero) is 1. The summed E-state index contributed by atoms with van der Waals surface area (Å²) in [4.78, 5) is 29.8. The highest BCUT2D eigenvalue weighted by Crippen LogP contribution is 2.41. The molecule has 2 aromatic carbocycles. The third-order valence-corrected chi connectivity index (χ3v) is 6.13. The molecule has 0 aromatic heterocycles. The van der Waals surface area contributed by atoms with Gasteiger partial charge in [0.05, 0.1) is 36.6 Å². The predicted molar refractivity (Wildman–Crippen MR) is 126 cm³/mol. The van der Waals surface area contributed by atoms with E-state index in [1.54, 1.807) is 18.2 Å². The molecule has 2 aliphatic heterocycles. The van der Waals surface area contributed by atoms with Crippen LogP contribution in [0, 0.1) is 6.92 Å². The third kappa shape index (κ3) is 4.33. The van der Waals surface area contributed by atoms with Crippen molar-refractivity contribution >= 4 is 23.1 Å². The molecule has 2 heterocycles. The van der Waals surface area contributed by atoms with E-state index < -0.39 is 17.7 Å². The van der Waals surface area contributed by atoms with Crippen molar-refractivity contribution in [1.82, 2.24) is 4.90 Å². The average Bonchev–Trinajstić information content (AvgIpc) is 3.03. The Labute approximate surface area is 194 Å².